The average molecular weight is 251 g/mol. The number of aromatic nitrogens is 6. The fourth-order valence-electron chi connectivity index (χ4n) is 1.40. The summed E-state index contributed by atoms with van der Waals surface area (Å²) in [6.45, 7) is 4.80. The second-order valence-electron chi connectivity index (χ2n) is 3.80. The van der Waals surface area contributed by atoms with Crippen LogP contribution in [0.25, 0.3) is 0 Å². The van der Waals surface area contributed by atoms with E-state index in [-0.39, 0.29) is 0 Å². The van der Waals surface area contributed by atoms with E-state index in [1.807, 2.05) is 6.20 Å². The first kappa shape index (κ1) is 12.5. The highest BCUT2D eigenvalue weighted by Gasteiger charge is 2.02. The summed E-state index contributed by atoms with van der Waals surface area (Å²) < 4.78 is 8.72. The van der Waals surface area contributed by atoms with Crippen molar-refractivity contribution in [3.63, 3.8) is 0 Å². The Morgan fingerprint density at radius 2 is 2.33 bits per heavy atom. The molecule has 0 fully saturated rings. The van der Waals surface area contributed by atoms with Crippen molar-refractivity contribution in [2.45, 2.75) is 20.0 Å². The molecule has 18 heavy (non-hydrogen) atoms. The summed E-state index contributed by atoms with van der Waals surface area (Å²) in [5.41, 5.74) is 0.924. The standard InChI is InChI=1S/C10H17N7O/c1-3-11-6-9-7-17(15-13-9)4-5-18-10-12-8-16(2)14-10/h7-8,11H,3-6H2,1-2H3. The summed E-state index contributed by atoms with van der Waals surface area (Å²) in [4.78, 5) is 3.97. The highest BCUT2D eigenvalue weighted by molar-refractivity contribution is 4.91. The summed E-state index contributed by atoms with van der Waals surface area (Å²) >= 11 is 0. The molecule has 0 spiro atoms. The van der Waals surface area contributed by atoms with Crippen molar-refractivity contribution in [2.24, 2.45) is 7.05 Å². The lowest BCUT2D eigenvalue weighted by molar-refractivity contribution is 0.268. The molecule has 0 amide bonds. The Balaban J connectivity index is 1.74. The predicted octanol–water partition coefficient (Wildman–Crippen LogP) is -0.405. The first-order chi connectivity index (χ1) is 8.78. The van der Waals surface area contributed by atoms with Crippen LogP contribution in [0.3, 0.4) is 0 Å². The molecular weight excluding hydrogens is 234 g/mol. The minimum absolute atomic E-state index is 0.380. The largest absolute Gasteiger partial charge is 0.460 e. The quantitative estimate of drug-likeness (QED) is 0.720. The summed E-state index contributed by atoms with van der Waals surface area (Å²) in [5, 5.41) is 15.3. The predicted molar refractivity (Wildman–Crippen MR) is 63.9 cm³/mol. The number of rotatable bonds is 7. The van der Waals surface area contributed by atoms with Gasteiger partial charge >= 0.3 is 6.01 Å². The van der Waals surface area contributed by atoms with Crippen LogP contribution < -0.4 is 10.1 Å². The Labute approximate surface area is 105 Å². The van der Waals surface area contributed by atoms with Crippen LogP contribution in [0.5, 0.6) is 6.01 Å². The lowest BCUT2D eigenvalue weighted by Gasteiger charge is -2.00. The van der Waals surface area contributed by atoms with Crippen molar-refractivity contribution in [3.05, 3.63) is 18.2 Å². The molecule has 2 rings (SSSR count). The lowest BCUT2D eigenvalue weighted by atomic mass is 10.4. The molecule has 0 bridgehead atoms. The normalized spacial score (nSPS) is 10.8. The molecule has 8 nitrogen and oxygen atoms in total. The fourth-order valence-corrected chi connectivity index (χ4v) is 1.40. The highest BCUT2D eigenvalue weighted by atomic mass is 16.5. The van der Waals surface area contributed by atoms with E-state index >= 15 is 0 Å². The zero-order valence-electron chi connectivity index (χ0n) is 10.6. The van der Waals surface area contributed by atoms with Gasteiger partial charge in [0.1, 0.15) is 12.9 Å². The van der Waals surface area contributed by atoms with E-state index in [4.69, 9.17) is 4.74 Å². The van der Waals surface area contributed by atoms with Gasteiger partial charge in [0.15, 0.2) is 0 Å². The Hall–Kier alpha value is -1.96. The van der Waals surface area contributed by atoms with Gasteiger partial charge in [-0.05, 0) is 6.54 Å². The number of nitrogens with one attached hydrogen (secondary N) is 1. The molecule has 0 saturated carbocycles. The molecule has 0 saturated heterocycles. The third-order valence-electron chi connectivity index (χ3n) is 2.27. The van der Waals surface area contributed by atoms with E-state index in [0.29, 0.717) is 19.2 Å². The van der Waals surface area contributed by atoms with E-state index in [0.717, 1.165) is 18.8 Å². The van der Waals surface area contributed by atoms with Crippen molar-refractivity contribution in [3.8, 4) is 6.01 Å². The SMILES string of the molecule is CCNCc1cn(CCOc2ncn(C)n2)nn1. The molecule has 0 aliphatic heterocycles. The monoisotopic (exact) mass is 251 g/mol. The van der Waals surface area contributed by atoms with Gasteiger partial charge in [0.05, 0.1) is 12.2 Å². The minimum atomic E-state index is 0.380. The van der Waals surface area contributed by atoms with E-state index in [9.17, 15) is 0 Å². The van der Waals surface area contributed by atoms with Crippen LogP contribution in [0.4, 0.5) is 0 Å². The van der Waals surface area contributed by atoms with Crippen LogP contribution in [0.2, 0.25) is 0 Å². The van der Waals surface area contributed by atoms with Gasteiger partial charge in [0.2, 0.25) is 0 Å². The molecule has 0 aliphatic rings. The van der Waals surface area contributed by atoms with Crippen LogP contribution in [0.15, 0.2) is 12.5 Å². The third-order valence-corrected chi connectivity index (χ3v) is 2.27. The van der Waals surface area contributed by atoms with Crippen LogP contribution in [-0.2, 0) is 20.1 Å². The maximum absolute atomic E-state index is 5.37. The molecule has 1 N–H and O–H groups in total. The molecule has 2 aromatic heterocycles. The number of ether oxygens (including phenoxy) is 1. The molecule has 2 aromatic rings. The van der Waals surface area contributed by atoms with Gasteiger partial charge in [-0.3, -0.25) is 4.68 Å². The van der Waals surface area contributed by atoms with Gasteiger partial charge in [0, 0.05) is 19.8 Å². The maximum Gasteiger partial charge on any atom is 0.335 e. The van der Waals surface area contributed by atoms with Crippen molar-refractivity contribution >= 4 is 0 Å². The summed E-state index contributed by atoms with van der Waals surface area (Å²) in [6.07, 6.45) is 3.50. The average Bonchev–Trinajstić information content (AvgIpc) is 2.96. The van der Waals surface area contributed by atoms with Gasteiger partial charge in [-0.15, -0.1) is 10.2 Å². The summed E-state index contributed by atoms with van der Waals surface area (Å²) in [5.74, 6) is 0. The zero-order chi connectivity index (χ0) is 12.8. The highest BCUT2D eigenvalue weighted by Crippen LogP contribution is 1.98. The first-order valence-corrected chi connectivity index (χ1v) is 5.86. The van der Waals surface area contributed by atoms with Gasteiger partial charge < -0.3 is 10.1 Å². The smallest absolute Gasteiger partial charge is 0.335 e. The van der Waals surface area contributed by atoms with Crippen LogP contribution in [0, 0.1) is 0 Å². The third kappa shape index (κ3) is 3.52. The molecule has 0 atom stereocenters. The van der Waals surface area contributed by atoms with Crippen molar-refractivity contribution in [1.29, 1.82) is 0 Å². The topological polar surface area (TPSA) is 82.7 Å². The van der Waals surface area contributed by atoms with Crippen LogP contribution in [-0.4, -0.2) is 42.9 Å². The van der Waals surface area contributed by atoms with E-state index in [1.165, 1.54) is 0 Å². The number of hydrogen-bond acceptors (Lipinski definition) is 6. The molecule has 98 valence electrons. The van der Waals surface area contributed by atoms with Crippen molar-refractivity contribution in [1.82, 2.24) is 35.1 Å². The maximum atomic E-state index is 5.37. The van der Waals surface area contributed by atoms with Crippen LogP contribution >= 0.6 is 0 Å². The number of aryl methyl sites for hydroxylation is 1. The molecule has 0 aromatic carbocycles. The Bertz CT molecular complexity index is 478. The van der Waals surface area contributed by atoms with Crippen molar-refractivity contribution in [2.75, 3.05) is 13.2 Å². The minimum Gasteiger partial charge on any atom is -0.460 e. The Morgan fingerprint density at radius 3 is 3.06 bits per heavy atom. The van der Waals surface area contributed by atoms with E-state index in [1.54, 1.807) is 22.7 Å². The Morgan fingerprint density at radius 1 is 1.44 bits per heavy atom. The van der Waals surface area contributed by atoms with Gasteiger partial charge in [-0.1, -0.05) is 12.1 Å². The lowest BCUT2D eigenvalue weighted by Crippen LogP contribution is -2.12. The Kier molecular flexibility index (Phi) is 4.24. The number of hydrogen-bond donors (Lipinski definition) is 1. The molecule has 8 heteroatoms. The first-order valence-electron chi connectivity index (χ1n) is 5.86. The molecule has 0 radical (unpaired) electrons. The molecular formula is C10H17N7O. The molecule has 0 aliphatic carbocycles. The van der Waals surface area contributed by atoms with E-state index < -0.39 is 0 Å². The van der Waals surface area contributed by atoms with Gasteiger partial charge in [-0.25, -0.2) is 4.68 Å². The zero-order valence-corrected chi connectivity index (χ0v) is 10.6. The van der Waals surface area contributed by atoms with E-state index in [2.05, 4.69) is 32.6 Å². The van der Waals surface area contributed by atoms with Gasteiger partial charge in [0.25, 0.3) is 0 Å². The summed E-state index contributed by atoms with van der Waals surface area (Å²) in [7, 11) is 1.80. The van der Waals surface area contributed by atoms with Crippen LogP contribution in [0.1, 0.15) is 12.6 Å². The second kappa shape index (κ2) is 6.10. The fraction of sp³-hybridized carbons (Fsp3) is 0.600. The van der Waals surface area contributed by atoms with Gasteiger partial charge in [-0.2, -0.15) is 4.98 Å². The summed E-state index contributed by atoms with van der Waals surface area (Å²) in [6, 6.07) is 0.380. The molecule has 0 unspecified atom stereocenters. The van der Waals surface area contributed by atoms with Crippen molar-refractivity contribution < 1.29 is 4.74 Å². The molecule has 2 heterocycles. The number of nitrogens with zero attached hydrogens (tertiary/aromatic N) is 6. The second-order valence-corrected chi connectivity index (χ2v) is 3.80.